The highest BCUT2D eigenvalue weighted by atomic mass is 32.2. The van der Waals surface area contributed by atoms with Crippen molar-refractivity contribution < 1.29 is 8.42 Å². The molecule has 0 saturated carbocycles. The minimum absolute atomic E-state index is 0.550. The Morgan fingerprint density at radius 1 is 1.62 bits per heavy atom. The highest BCUT2D eigenvalue weighted by Crippen LogP contribution is 2.05. The number of nitrogens with zero attached hydrogens (tertiary/aromatic N) is 3. The quantitative estimate of drug-likeness (QED) is 0.569. The lowest BCUT2D eigenvalue weighted by Gasteiger charge is -2.13. The van der Waals surface area contributed by atoms with Crippen LogP contribution in [0, 0.1) is 0 Å². The van der Waals surface area contributed by atoms with Crippen LogP contribution in [0.3, 0.4) is 0 Å². The lowest BCUT2D eigenvalue weighted by molar-refractivity contribution is 0.509. The Hall–Kier alpha value is -0.815. The summed E-state index contributed by atoms with van der Waals surface area (Å²) in [4.78, 5) is 3.94. The molecule has 1 heterocycles. The van der Waals surface area contributed by atoms with Crippen molar-refractivity contribution >= 4 is 18.1 Å². The molecule has 0 spiro atoms. The lowest BCUT2D eigenvalue weighted by Crippen LogP contribution is -2.29. The monoisotopic (exact) mass is 201 g/mol. The second-order valence-electron chi connectivity index (χ2n) is 2.78. The van der Waals surface area contributed by atoms with Crippen LogP contribution in [0.4, 0.5) is 0 Å². The summed E-state index contributed by atoms with van der Waals surface area (Å²) < 4.78 is 25.6. The molecule has 0 atom stereocenters. The molecule has 0 amide bonds. The minimum atomic E-state index is -3.39. The Bertz CT molecular complexity index is 384. The maximum absolute atomic E-state index is 11.6. The van der Waals surface area contributed by atoms with Gasteiger partial charge in [-0.1, -0.05) is 0 Å². The van der Waals surface area contributed by atoms with Crippen LogP contribution in [0.25, 0.3) is 0 Å². The van der Waals surface area contributed by atoms with Crippen LogP contribution in [-0.4, -0.2) is 43.6 Å². The fourth-order valence-corrected chi connectivity index (χ4v) is 1.96. The molecular weight excluding hydrogens is 189 g/mol. The van der Waals surface area contributed by atoms with Crippen LogP contribution in [0.1, 0.15) is 5.82 Å². The van der Waals surface area contributed by atoms with E-state index in [0.29, 0.717) is 12.1 Å². The van der Waals surface area contributed by atoms with Gasteiger partial charge in [-0.05, 0) is 6.32 Å². The van der Waals surface area contributed by atoms with Crippen LogP contribution in [0.5, 0.6) is 0 Å². The standard InChI is InChI=1S/C6H12BN3O2S/c1-9(2)13(11,12)10-4-3-8-6(10)5-7/h3-4H,5,7H2,1-2H3. The van der Waals surface area contributed by atoms with Gasteiger partial charge in [0, 0.05) is 26.5 Å². The Balaban J connectivity index is 3.22. The number of aromatic nitrogens is 2. The van der Waals surface area contributed by atoms with Crippen molar-refractivity contribution in [2.45, 2.75) is 6.32 Å². The van der Waals surface area contributed by atoms with Gasteiger partial charge in [-0.25, -0.2) is 8.96 Å². The predicted molar refractivity (Wildman–Crippen MR) is 52.5 cm³/mol. The first-order chi connectivity index (χ1) is 6.00. The van der Waals surface area contributed by atoms with Gasteiger partial charge in [-0.15, -0.1) is 0 Å². The zero-order valence-electron chi connectivity index (χ0n) is 7.93. The summed E-state index contributed by atoms with van der Waals surface area (Å²) in [6.07, 6.45) is 3.54. The summed E-state index contributed by atoms with van der Waals surface area (Å²) in [5.41, 5.74) is 0. The van der Waals surface area contributed by atoms with E-state index in [9.17, 15) is 8.42 Å². The first kappa shape index (κ1) is 10.3. The average Bonchev–Trinajstić information content (AvgIpc) is 2.51. The summed E-state index contributed by atoms with van der Waals surface area (Å²) in [5.74, 6) is 0.550. The van der Waals surface area contributed by atoms with Gasteiger partial charge in [0.1, 0.15) is 13.7 Å². The van der Waals surface area contributed by atoms with Crippen LogP contribution in [0.2, 0.25) is 0 Å². The number of rotatable bonds is 3. The van der Waals surface area contributed by atoms with Crippen LogP contribution in [0.15, 0.2) is 12.4 Å². The molecule has 0 aromatic carbocycles. The van der Waals surface area contributed by atoms with E-state index in [4.69, 9.17) is 0 Å². The third kappa shape index (κ3) is 1.76. The zero-order valence-corrected chi connectivity index (χ0v) is 8.74. The van der Waals surface area contributed by atoms with E-state index in [-0.39, 0.29) is 0 Å². The van der Waals surface area contributed by atoms with Crippen molar-refractivity contribution in [1.82, 2.24) is 13.3 Å². The van der Waals surface area contributed by atoms with Crippen LogP contribution < -0.4 is 0 Å². The molecule has 0 N–H and O–H groups in total. The third-order valence-electron chi connectivity index (χ3n) is 1.71. The first-order valence-corrected chi connectivity index (χ1v) is 5.35. The fraction of sp³-hybridized carbons (Fsp3) is 0.500. The molecule has 0 saturated heterocycles. The van der Waals surface area contributed by atoms with E-state index in [1.165, 1.54) is 30.5 Å². The molecule has 1 aromatic rings. The zero-order chi connectivity index (χ0) is 10.1. The number of imidazole rings is 1. The Morgan fingerprint density at radius 3 is 2.69 bits per heavy atom. The highest BCUT2D eigenvalue weighted by Gasteiger charge is 2.18. The van der Waals surface area contributed by atoms with Gasteiger partial charge in [0.15, 0.2) is 0 Å². The molecule has 0 aliphatic carbocycles. The fourth-order valence-electron chi connectivity index (χ4n) is 0.956. The van der Waals surface area contributed by atoms with Crippen molar-refractivity contribution in [3.8, 4) is 0 Å². The summed E-state index contributed by atoms with van der Waals surface area (Å²) in [7, 11) is 1.47. The van der Waals surface area contributed by atoms with Gasteiger partial charge in [0.2, 0.25) is 0 Å². The number of hydrogen-bond acceptors (Lipinski definition) is 3. The number of hydrogen-bond donors (Lipinski definition) is 0. The lowest BCUT2D eigenvalue weighted by atomic mass is 10.1. The largest absolute Gasteiger partial charge is 0.308 e. The molecule has 0 aliphatic rings. The van der Waals surface area contributed by atoms with Crippen molar-refractivity contribution in [3.63, 3.8) is 0 Å². The average molecular weight is 201 g/mol. The summed E-state index contributed by atoms with van der Waals surface area (Å²) in [6, 6.07) is 0. The van der Waals surface area contributed by atoms with Gasteiger partial charge in [-0.2, -0.15) is 12.7 Å². The SMILES string of the molecule is BCc1nccn1S(=O)(=O)N(C)C. The highest BCUT2D eigenvalue weighted by molar-refractivity contribution is 7.87. The predicted octanol–water partition coefficient (Wildman–Crippen LogP) is -1.33. The molecule has 13 heavy (non-hydrogen) atoms. The molecule has 1 aromatic heterocycles. The Morgan fingerprint density at radius 2 is 2.23 bits per heavy atom. The van der Waals surface area contributed by atoms with Crippen molar-refractivity contribution in [3.05, 3.63) is 18.2 Å². The molecule has 0 radical (unpaired) electrons. The molecule has 0 fully saturated rings. The molecule has 72 valence electrons. The summed E-state index contributed by atoms with van der Waals surface area (Å²) >= 11 is 0. The van der Waals surface area contributed by atoms with Crippen LogP contribution >= 0.6 is 0 Å². The van der Waals surface area contributed by atoms with Gasteiger partial charge < -0.3 is 0 Å². The van der Waals surface area contributed by atoms with E-state index in [1.54, 1.807) is 0 Å². The van der Waals surface area contributed by atoms with Crippen LogP contribution in [-0.2, 0) is 16.5 Å². The van der Waals surface area contributed by atoms with Gasteiger partial charge >= 0.3 is 10.2 Å². The molecule has 5 nitrogen and oxygen atoms in total. The Kier molecular flexibility index (Phi) is 2.77. The molecule has 0 aliphatic heterocycles. The van der Waals surface area contributed by atoms with E-state index in [0.717, 1.165) is 4.31 Å². The summed E-state index contributed by atoms with van der Waals surface area (Å²) in [6.45, 7) is 0. The molecule has 7 heteroatoms. The van der Waals surface area contributed by atoms with E-state index in [1.807, 2.05) is 7.85 Å². The Labute approximate surface area is 79.0 Å². The second kappa shape index (κ2) is 3.51. The smallest absolute Gasteiger partial charge is 0.241 e. The first-order valence-electron chi connectivity index (χ1n) is 3.95. The maximum Gasteiger partial charge on any atom is 0.308 e. The third-order valence-corrected chi connectivity index (χ3v) is 3.46. The normalized spacial score (nSPS) is 12.2. The van der Waals surface area contributed by atoms with E-state index in [2.05, 4.69) is 4.98 Å². The minimum Gasteiger partial charge on any atom is -0.241 e. The van der Waals surface area contributed by atoms with Crippen molar-refractivity contribution in [1.29, 1.82) is 0 Å². The molecular formula is C6H12BN3O2S. The van der Waals surface area contributed by atoms with E-state index >= 15 is 0 Å². The van der Waals surface area contributed by atoms with E-state index < -0.39 is 10.2 Å². The van der Waals surface area contributed by atoms with Gasteiger partial charge in [0.25, 0.3) is 0 Å². The molecule has 0 bridgehead atoms. The topological polar surface area (TPSA) is 55.2 Å². The van der Waals surface area contributed by atoms with Gasteiger partial charge in [-0.3, -0.25) is 0 Å². The van der Waals surface area contributed by atoms with Gasteiger partial charge in [0.05, 0.1) is 0 Å². The molecule has 1 rings (SSSR count). The second-order valence-corrected chi connectivity index (χ2v) is 4.80. The maximum atomic E-state index is 11.6. The van der Waals surface area contributed by atoms with Crippen molar-refractivity contribution in [2.24, 2.45) is 0 Å². The summed E-state index contributed by atoms with van der Waals surface area (Å²) in [5, 5.41) is 0. The van der Waals surface area contributed by atoms with Crippen molar-refractivity contribution in [2.75, 3.05) is 14.1 Å². The molecule has 0 unspecified atom stereocenters.